The van der Waals surface area contributed by atoms with Gasteiger partial charge >= 0.3 is 0 Å². The number of pyridine rings is 1. The maximum absolute atomic E-state index is 4.64. The Morgan fingerprint density at radius 2 is 2.14 bits per heavy atom. The number of hydrogen-bond acceptors (Lipinski definition) is 6. The molecule has 0 aliphatic carbocycles. The van der Waals surface area contributed by atoms with Crippen LogP contribution in [0.2, 0.25) is 0 Å². The normalized spacial score (nSPS) is 18.2. The van der Waals surface area contributed by atoms with E-state index in [1.807, 2.05) is 12.1 Å². The molecular formula is C16H22N6. The quantitative estimate of drug-likeness (QED) is 0.915. The lowest BCUT2D eigenvalue weighted by Crippen LogP contribution is -2.40. The number of rotatable bonds is 5. The fraction of sp³-hybridized carbons (Fsp3) is 0.500. The maximum atomic E-state index is 4.64. The molecule has 1 aliphatic heterocycles. The molecule has 0 bridgehead atoms. The molecule has 6 nitrogen and oxygen atoms in total. The fourth-order valence-electron chi connectivity index (χ4n) is 2.88. The number of anilines is 2. The number of nitrogens with zero attached hydrogens (tertiary/aromatic N) is 5. The largest absolute Gasteiger partial charge is 0.365 e. The zero-order valence-corrected chi connectivity index (χ0v) is 12.9. The molecule has 3 heterocycles. The molecule has 0 radical (unpaired) electrons. The minimum Gasteiger partial charge on any atom is -0.365 e. The highest BCUT2D eigenvalue weighted by atomic mass is 15.3. The molecule has 1 atom stereocenters. The second-order valence-corrected chi connectivity index (χ2v) is 5.60. The fourth-order valence-corrected chi connectivity index (χ4v) is 2.88. The summed E-state index contributed by atoms with van der Waals surface area (Å²) >= 11 is 0. The van der Waals surface area contributed by atoms with Gasteiger partial charge in [0.15, 0.2) is 5.82 Å². The third-order valence-electron chi connectivity index (χ3n) is 4.13. The van der Waals surface area contributed by atoms with Crippen LogP contribution in [0.25, 0.3) is 0 Å². The summed E-state index contributed by atoms with van der Waals surface area (Å²) in [6, 6.07) is 4.51. The van der Waals surface area contributed by atoms with E-state index in [0.717, 1.165) is 24.7 Å². The minimum absolute atomic E-state index is 0.533. The monoisotopic (exact) mass is 298 g/mol. The molecule has 1 saturated heterocycles. The highest BCUT2D eigenvalue weighted by Gasteiger charge is 2.23. The summed E-state index contributed by atoms with van der Waals surface area (Å²) in [5.74, 6) is 1.51. The van der Waals surface area contributed by atoms with Crippen molar-refractivity contribution in [3.8, 4) is 0 Å². The van der Waals surface area contributed by atoms with Crippen molar-refractivity contribution in [2.45, 2.75) is 45.2 Å². The van der Waals surface area contributed by atoms with Crippen molar-refractivity contribution in [3.63, 3.8) is 0 Å². The zero-order valence-electron chi connectivity index (χ0n) is 12.9. The molecule has 22 heavy (non-hydrogen) atoms. The van der Waals surface area contributed by atoms with E-state index in [2.05, 4.69) is 37.3 Å². The van der Waals surface area contributed by atoms with Gasteiger partial charge in [-0.2, -0.15) is 10.1 Å². The van der Waals surface area contributed by atoms with Gasteiger partial charge in [0.1, 0.15) is 0 Å². The van der Waals surface area contributed by atoms with Crippen molar-refractivity contribution in [1.82, 2.24) is 20.2 Å². The molecule has 2 aromatic heterocycles. The Kier molecular flexibility index (Phi) is 4.78. The Hall–Kier alpha value is -2.24. The Balaban J connectivity index is 1.69. The second-order valence-electron chi connectivity index (χ2n) is 5.60. The molecule has 1 aliphatic rings. The van der Waals surface area contributed by atoms with Crippen LogP contribution in [0.5, 0.6) is 0 Å². The lowest BCUT2D eigenvalue weighted by atomic mass is 10.0. The minimum atomic E-state index is 0.533. The van der Waals surface area contributed by atoms with Gasteiger partial charge in [0.2, 0.25) is 5.95 Å². The summed E-state index contributed by atoms with van der Waals surface area (Å²) in [6.07, 6.45) is 10.1. The zero-order chi connectivity index (χ0) is 15.2. The highest BCUT2D eigenvalue weighted by molar-refractivity contribution is 5.40. The van der Waals surface area contributed by atoms with Crippen molar-refractivity contribution < 1.29 is 0 Å². The first-order valence-electron chi connectivity index (χ1n) is 7.96. The van der Waals surface area contributed by atoms with Crippen LogP contribution < -0.4 is 10.2 Å². The van der Waals surface area contributed by atoms with Gasteiger partial charge < -0.3 is 10.2 Å². The average molecular weight is 298 g/mol. The molecule has 6 heteroatoms. The van der Waals surface area contributed by atoms with E-state index in [-0.39, 0.29) is 0 Å². The molecule has 0 saturated carbocycles. The van der Waals surface area contributed by atoms with Crippen LogP contribution in [0.3, 0.4) is 0 Å². The van der Waals surface area contributed by atoms with E-state index in [9.17, 15) is 0 Å². The smallest absolute Gasteiger partial charge is 0.247 e. The predicted molar refractivity (Wildman–Crippen MR) is 86.7 cm³/mol. The van der Waals surface area contributed by atoms with E-state index >= 15 is 0 Å². The van der Waals surface area contributed by atoms with Gasteiger partial charge in [-0.15, -0.1) is 5.10 Å². The lowest BCUT2D eigenvalue weighted by molar-refractivity contribution is 0.441. The van der Waals surface area contributed by atoms with Gasteiger partial charge in [-0.1, -0.05) is 6.92 Å². The summed E-state index contributed by atoms with van der Waals surface area (Å²) in [4.78, 5) is 11.0. The van der Waals surface area contributed by atoms with Crippen LogP contribution in [0.1, 0.15) is 38.2 Å². The molecule has 3 rings (SSSR count). The Morgan fingerprint density at radius 1 is 1.27 bits per heavy atom. The van der Waals surface area contributed by atoms with Gasteiger partial charge in [-0.3, -0.25) is 4.98 Å². The molecule has 1 N–H and O–H groups in total. The molecular weight excluding hydrogens is 276 g/mol. The molecule has 0 amide bonds. The first kappa shape index (κ1) is 14.7. The first-order valence-corrected chi connectivity index (χ1v) is 7.96. The van der Waals surface area contributed by atoms with E-state index in [1.165, 1.54) is 24.8 Å². The predicted octanol–water partition coefficient (Wildman–Crippen LogP) is 2.65. The number of piperidine rings is 1. The van der Waals surface area contributed by atoms with Gasteiger partial charge in [0.25, 0.3) is 0 Å². The number of nitrogens with one attached hydrogen (secondary N) is 1. The number of aromatic nitrogens is 4. The van der Waals surface area contributed by atoms with Crippen LogP contribution in [0, 0.1) is 0 Å². The van der Waals surface area contributed by atoms with Crippen molar-refractivity contribution in [2.75, 3.05) is 16.8 Å². The summed E-state index contributed by atoms with van der Waals surface area (Å²) in [5, 5.41) is 11.6. The first-order chi connectivity index (χ1) is 10.9. The lowest BCUT2D eigenvalue weighted by Gasteiger charge is -2.34. The summed E-state index contributed by atoms with van der Waals surface area (Å²) in [6.45, 7) is 3.95. The van der Waals surface area contributed by atoms with Crippen LogP contribution >= 0.6 is 0 Å². The van der Waals surface area contributed by atoms with Crippen LogP contribution in [0.4, 0.5) is 11.8 Å². The van der Waals surface area contributed by atoms with Gasteiger partial charge in [0.05, 0.1) is 6.20 Å². The maximum Gasteiger partial charge on any atom is 0.247 e. The van der Waals surface area contributed by atoms with Crippen LogP contribution in [-0.2, 0) is 6.54 Å². The summed E-state index contributed by atoms with van der Waals surface area (Å²) < 4.78 is 0. The molecule has 1 unspecified atom stereocenters. The highest BCUT2D eigenvalue weighted by Crippen LogP contribution is 2.23. The summed E-state index contributed by atoms with van der Waals surface area (Å²) in [5.41, 5.74) is 1.17. The van der Waals surface area contributed by atoms with Gasteiger partial charge in [-0.05, 0) is 43.4 Å². The average Bonchev–Trinajstić information content (AvgIpc) is 2.61. The summed E-state index contributed by atoms with van der Waals surface area (Å²) in [7, 11) is 0. The van der Waals surface area contributed by atoms with Gasteiger partial charge in [-0.25, -0.2) is 0 Å². The van der Waals surface area contributed by atoms with E-state index in [4.69, 9.17) is 0 Å². The standard InChI is InChI=1S/C16H22N6/c1-2-14-5-3-4-10-22(14)16-20-15(12-19-21-16)18-11-13-6-8-17-9-7-13/h6-9,12,14H,2-5,10-11H2,1H3,(H,18,20,21). The van der Waals surface area contributed by atoms with Crippen molar-refractivity contribution in [3.05, 3.63) is 36.3 Å². The molecule has 2 aromatic rings. The molecule has 1 fully saturated rings. The second kappa shape index (κ2) is 7.15. The van der Waals surface area contributed by atoms with Crippen LogP contribution in [0.15, 0.2) is 30.7 Å². The molecule has 0 spiro atoms. The van der Waals surface area contributed by atoms with Crippen LogP contribution in [-0.4, -0.2) is 32.8 Å². The van der Waals surface area contributed by atoms with Crippen molar-refractivity contribution >= 4 is 11.8 Å². The van der Waals surface area contributed by atoms with E-state index in [0.29, 0.717) is 12.6 Å². The van der Waals surface area contributed by atoms with E-state index < -0.39 is 0 Å². The topological polar surface area (TPSA) is 66.8 Å². The molecule has 0 aromatic carbocycles. The van der Waals surface area contributed by atoms with Gasteiger partial charge in [0, 0.05) is 31.5 Å². The van der Waals surface area contributed by atoms with E-state index in [1.54, 1.807) is 18.6 Å². The Bertz CT molecular complexity index is 588. The third-order valence-corrected chi connectivity index (χ3v) is 4.13. The Labute approximate surface area is 131 Å². The molecule has 116 valence electrons. The third kappa shape index (κ3) is 3.50. The Morgan fingerprint density at radius 3 is 2.95 bits per heavy atom. The number of hydrogen-bond donors (Lipinski definition) is 1. The van der Waals surface area contributed by atoms with Crippen molar-refractivity contribution in [2.24, 2.45) is 0 Å². The van der Waals surface area contributed by atoms with Crippen molar-refractivity contribution in [1.29, 1.82) is 0 Å². The SMILES string of the molecule is CCC1CCCCN1c1nncc(NCc2ccncc2)n1.